The van der Waals surface area contributed by atoms with Gasteiger partial charge >= 0.3 is 0 Å². The van der Waals surface area contributed by atoms with E-state index in [-0.39, 0.29) is 34.2 Å². The van der Waals surface area contributed by atoms with Crippen LogP contribution in [0.15, 0.2) is 39.7 Å². The molecule has 0 fully saturated rings. The van der Waals surface area contributed by atoms with E-state index in [1.807, 2.05) is 0 Å². The summed E-state index contributed by atoms with van der Waals surface area (Å²) in [4.78, 5) is 11.9. The molecule has 0 spiro atoms. The fourth-order valence-corrected chi connectivity index (χ4v) is 4.57. The van der Waals surface area contributed by atoms with Gasteiger partial charge < -0.3 is 20.6 Å². The molecule has 0 aromatic heterocycles. The Bertz CT molecular complexity index is 964. The van der Waals surface area contributed by atoms with Crippen molar-refractivity contribution in [2.45, 2.75) is 17.1 Å². The molecular formula is C17H17BrClNO6S. The summed E-state index contributed by atoms with van der Waals surface area (Å²) >= 11 is 9.12. The second-order valence-electron chi connectivity index (χ2n) is 5.67. The highest BCUT2D eigenvalue weighted by atomic mass is 79.9. The van der Waals surface area contributed by atoms with Crippen LogP contribution in [0.25, 0.3) is 0 Å². The van der Waals surface area contributed by atoms with Crippen LogP contribution in [0.2, 0.25) is 5.02 Å². The van der Waals surface area contributed by atoms with Crippen molar-refractivity contribution >= 4 is 43.3 Å². The number of aliphatic hydroxyl groups is 1. The molecule has 0 aliphatic rings. The Labute approximate surface area is 169 Å². The van der Waals surface area contributed by atoms with Gasteiger partial charge in [-0.2, -0.15) is 0 Å². The number of hydrogen-bond donors (Lipinski definition) is 4. The van der Waals surface area contributed by atoms with Crippen molar-refractivity contribution in [3.05, 3.63) is 51.0 Å². The highest BCUT2D eigenvalue weighted by molar-refractivity contribution is 9.10. The molecule has 4 N–H and O–H groups in total. The summed E-state index contributed by atoms with van der Waals surface area (Å²) in [7, 11) is -4.03. The maximum Gasteiger partial charge on any atom is 0.255 e. The number of phenols is 2. The van der Waals surface area contributed by atoms with Crippen molar-refractivity contribution in [3.63, 3.8) is 0 Å². The third-order valence-corrected chi connectivity index (χ3v) is 6.02. The lowest BCUT2D eigenvalue weighted by Gasteiger charge is -2.12. The van der Waals surface area contributed by atoms with Crippen molar-refractivity contribution in [3.8, 4) is 11.5 Å². The van der Waals surface area contributed by atoms with Gasteiger partial charge in [-0.3, -0.25) is 4.79 Å². The number of benzene rings is 2. The molecule has 2 aromatic carbocycles. The number of phenolic OH excluding ortho intramolecular Hbond substituents is 2. The minimum atomic E-state index is -4.03. The standard InChI is InChI=1S/C17H17BrClNO6S/c18-11-2-3-14(22)15(7-11)27(25,26)9-10-6-12(19)8-13(16(10)23)17(24)20-4-1-5-21/h2-3,6-8,21-23H,1,4-5,9H2,(H,20,24). The zero-order valence-electron chi connectivity index (χ0n) is 13.9. The van der Waals surface area contributed by atoms with Gasteiger partial charge in [-0.25, -0.2) is 8.42 Å². The summed E-state index contributed by atoms with van der Waals surface area (Å²) in [6, 6.07) is 6.43. The maximum absolute atomic E-state index is 12.7. The van der Waals surface area contributed by atoms with E-state index in [0.29, 0.717) is 10.9 Å². The number of aromatic hydroxyl groups is 2. The van der Waals surface area contributed by atoms with Gasteiger partial charge in [0, 0.05) is 28.2 Å². The van der Waals surface area contributed by atoms with Crippen LogP contribution in [0.3, 0.4) is 0 Å². The SMILES string of the molecule is O=C(NCCCO)c1cc(Cl)cc(CS(=O)(=O)c2cc(Br)ccc2O)c1O. The molecule has 7 nitrogen and oxygen atoms in total. The van der Waals surface area contributed by atoms with Gasteiger partial charge in [-0.05, 0) is 36.8 Å². The highest BCUT2D eigenvalue weighted by Crippen LogP contribution is 2.33. The number of aliphatic hydroxyl groups excluding tert-OH is 1. The van der Waals surface area contributed by atoms with Crippen LogP contribution in [0.1, 0.15) is 22.3 Å². The predicted octanol–water partition coefficient (Wildman–Crippen LogP) is 2.60. The van der Waals surface area contributed by atoms with Crippen molar-refractivity contribution < 1.29 is 28.5 Å². The molecule has 0 unspecified atom stereocenters. The van der Waals surface area contributed by atoms with Crippen LogP contribution in [-0.2, 0) is 15.6 Å². The summed E-state index contributed by atoms with van der Waals surface area (Å²) < 4.78 is 25.8. The second-order valence-corrected chi connectivity index (χ2v) is 8.98. The summed E-state index contributed by atoms with van der Waals surface area (Å²) in [6.07, 6.45) is 0.330. The zero-order valence-corrected chi connectivity index (χ0v) is 17.1. The number of sulfone groups is 1. The summed E-state index contributed by atoms with van der Waals surface area (Å²) in [5, 5.41) is 31.6. The van der Waals surface area contributed by atoms with Gasteiger partial charge in [-0.1, -0.05) is 27.5 Å². The molecule has 0 radical (unpaired) electrons. The highest BCUT2D eigenvalue weighted by Gasteiger charge is 2.24. The van der Waals surface area contributed by atoms with Crippen LogP contribution in [0.5, 0.6) is 11.5 Å². The van der Waals surface area contributed by atoms with E-state index in [9.17, 15) is 23.4 Å². The number of carbonyl (C=O) groups is 1. The van der Waals surface area contributed by atoms with E-state index in [1.54, 1.807) is 0 Å². The van der Waals surface area contributed by atoms with E-state index in [4.69, 9.17) is 16.7 Å². The average molecular weight is 479 g/mol. The Kier molecular flexibility index (Phi) is 7.10. The van der Waals surface area contributed by atoms with E-state index < -0.39 is 33.0 Å². The summed E-state index contributed by atoms with van der Waals surface area (Å²) in [5.74, 6) is -2.26. The number of rotatable bonds is 7. The number of hydrogen-bond acceptors (Lipinski definition) is 6. The molecule has 0 saturated heterocycles. The molecule has 0 aliphatic carbocycles. The van der Waals surface area contributed by atoms with Crippen molar-refractivity contribution in [1.29, 1.82) is 0 Å². The normalized spacial score (nSPS) is 11.4. The first kappa shape index (κ1) is 21.5. The average Bonchev–Trinajstić information content (AvgIpc) is 2.59. The largest absolute Gasteiger partial charge is 0.507 e. The van der Waals surface area contributed by atoms with Crippen LogP contribution < -0.4 is 5.32 Å². The van der Waals surface area contributed by atoms with E-state index in [2.05, 4.69) is 21.2 Å². The van der Waals surface area contributed by atoms with Crippen molar-refractivity contribution in [1.82, 2.24) is 5.32 Å². The molecule has 0 saturated carbocycles. The Balaban J connectivity index is 2.39. The molecule has 0 aliphatic heterocycles. The third-order valence-electron chi connectivity index (χ3n) is 3.62. The van der Waals surface area contributed by atoms with Gasteiger partial charge in [0.15, 0.2) is 9.84 Å². The third kappa shape index (κ3) is 5.35. The maximum atomic E-state index is 12.7. The van der Waals surface area contributed by atoms with E-state index in [1.165, 1.54) is 30.3 Å². The van der Waals surface area contributed by atoms with Crippen LogP contribution in [0, 0.1) is 0 Å². The van der Waals surface area contributed by atoms with Gasteiger partial charge in [0.1, 0.15) is 16.4 Å². The van der Waals surface area contributed by atoms with Gasteiger partial charge in [0.25, 0.3) is 5.91 Å². The first-order valence-corrected chi connectivity index (χ1v) is 10.6. The monoisotopic (exact) mass is 477 g/mol. The number of amides is 1. The lowest BCUT2D eigenvalue weighted by atomic mass is 10.1. The number of nitrogens with one attached hydrogen (secondary N) is 1. The van der Waals surface area contributed by atoms with Crippen LogP contribution in [-0.4, -0.2) is 42.8 Å². The number of carbonyl (C=O) groups excluding carboxylic acids is 1. The predicted molar refractivity (Wildman–Crippen MR) is 104 cm³/mol. The zero-order chi connectivity index (χ0) is 20.2. The molecule has 146 valence electrons. The molecule has 2 aromatic rings. The lowest BCUT2D eigenvalue weighted by Crippen LogP contribution is -2.25. The lowest BCUT2D eigenvalue weighted by molar-refractivity contribution is 0.0948. The van der Waals surface area contributed by atoms with E-state index >= 15 is 0 Å². The summed E-state index contributed by atoms with van der Waals surface area (Å²) in [6.45, 7) is 0.0717. The van der Waals surface area contributed by atoms with Gasteiger partial charge in [0.2, 0.25) is 0 Å². The second kappa shape index (κ2) is 8.92. The molecule has 0 bridgehead atoms. The van der Waals surface area contributed by atoms with Gasteiger partial charge in [0.05, 0.1) is 11.3 Å². The Hall–Kier alpha value is -1.81. The molecule has 1 amide bonds. The molecule has 10 heteroatoms. The quantitative estimate of drug-likeness (QED) is 0.454. The molecule has 2 rings (SSSR count). The smallest absolute Gasteiger partial charge is 0.255 e. The first-order chi connectivity index (χ1) is 12.7. The molecule has 0 atom stereocenters. The first-order valence-electron chi connectivity index (χ1n) is 7.77. The molecule has 0 heterocycles. The van der Waals surface area contributed by atoms with Crippen LogP contribution in [0.4, 0.5) is 0 Å². The van der Waals surface area contributed by atoms with Crippen molar-refractivity contribution in [2.24, 2.45) is 0 Å². The van der Waals surface area contributed by atoms with Crippen LogP contribution >= 0.6 is 27.5 Å². The Morgan fingerprint density at radius 2 is 1.89 bits per heavy atom. The minimum absolute atomic E-state index is 0.0729. The van der Waals surface area contributed by atoms with Gasteiger partial charge in [-0.15, -0.1) is 0 Å². The number of halogens is 2. The Morgan fingerprint density at radius 3 is 2.56 bits per heavy atom. The van der Waals surface area contributed by atoms with E-state index in [0.717, 1.165) is 0 Å². The van der Waals surface area contributed by atoms with Crippen molar-refractivity contribution in [2.75, 3.05) is 13.2 Å². The Morgan fingerprint density at radius 1 is 1.19 bits per heavy atom. The topological polar surface area (TPSA) is 124 Å². The summed E-state index contributed by atoms with van der Waals surface area (Å²) in [5.41, 5.74) is -0.252. The molecular weight excluding hydrogens is 462 g/mol. The fraction of sp³-hybridized carbons (Fsp3) is 0.235. The fourth-order valence-electron chi connectivity index (χ4n) is 2.33. The molecule has 27 heavy (non-hydrogen) atoms. The minimum Gasteiger partial charge on any atom is -0.507 e.